The lowest BCUT2D eigenvalue weighted by atomic mass is 10.0. The molecule has 2 amide bonds. The average Bonchev–Trinajstić information content (AvgIpc) is 2.71. The Bertz CT molecular complexity index is 890. The molecule has 0 bridgehead atoms. The van der Waals surface area contributed by atoms with E-state index in [1.165, 1.54) is 0 Å². The quantitative estimate of drug-likeness (QED) is 0.619. The highest BCUT2D eigenvalue weighted by Crippen LogP contribution is 2.15. The summed E-state index contributed by atoms with van der Waals surface area (Å²) in [4.78, 5) is 25.1. The van der Waals surface area contributed by atoms with Gasteiger partial charge in [-0.05, 0) is 36.1 Å². The van der Waals surface area contributed by atoms with Crippen molar-refractivity contribution in [3.05, 3.63) is 70.8 Å². The molecule has 0 unspecified atom stereocenters. The summed E-state index contributed by atoms with van der Waals surface area (Å²) in [5.41, 5.74) is 3.14. The largest absolute Gasteiger partial charge is 0.353 e. The normalized spacial score (nSPS) is 11.6. The second kappa shape index (κ2) is 11.3. The zero-order valence-corrected chi connectivity index (χ0v) is 17.9. The first-order chi connectivity index (χ1) is 13.9. The average molecular weight is 410 g/mol. The standard InChI is InChI=1S/C23H27N3O2S/c1-16(2)21(26-22(27)20-11-7-4-8-17(20)3)23(28)25-12-13-29-15-19-10-6-5-9-18(19)14-24/h4-11,16,21H,12-13,15H2,1-3H3,(H,25,28)(H,26,27)/t21-/m0/s1. The van der Waals surface area contributed by atoms with Gasteiger partial charge >= 0.3 is 0 Å². The van der Waals surface area contributed by atoms with E-state index >= 15 is 0 Å². The first kappa shape index (κ1) is 22.5. The fourth-order valence-corrected chi connectivity index (χ4v) is 3.74. The number of nitriles is 1. The summed E-state index contributed by atoms with van der Waals surface area (Å²) in [6.07, 6.45) is 0. The minimum absolute atomic E-state index is 0.0295. The molecule has 2 aromatic rings. The topological polar surface area (TPSA) is 82.0 Å². The van der Waals surface area contributed by atoms with Crippen LogP contribution in [0.4, 0.5) is 0 Å². The van der Waals surface area contributed by atoms with Gasteiger partial charge < -0.3 is 10.6 Å². The number of hydrogen-bond acceptors (Lipinski definition) is 4. The summed E-state index contributed by atoms with van der Waals surface area (Å²) >= 11 is 1.66. The van der Waals surface area contributed by atoms with Crippen LogP contribution in [0.5, 0.6) is 0 Å². The van der Waals surface area contributed by atoms with Gasteiger partial charge in [0.15, 0.2) is 0 Å². The van der Waals surface area contributed by atoms with Gasteiger partial charge in [0.1, 0.15) is 6.04 Å². The molecule has 1 atom stereocenters. The predicted molar refractivity (Wildman–Crippen MR) is 118 cm³/mol. The van der Waals surface area contributed by atoms with Crippen LogP contribution in [0.2, 0.25) is 0 Å². The van der Waals surface area contributed by atoms with Crippen molar-refractivity contribution in [2.45, 2.75) is 32.6 Å². The molecule has 5 nitrogen and oxygen atoms in total. The van der Waals surface area contributed by atoms with Gasteiger partial charge in [0.2, 0.25) is 5.91 Å². The zero-order chi connectivity index (χ0) is 21.2. The molecule has 6 heteroatoms. The Labute approximate surface area is 176 Å². The maximum Gasteiger partial charge on any atom is 0.252 e. The summed E-state index contributed by atoms with van der Waals surface area (Å²) in [7, 11) is 0. The lowest BCUT2D eigenvalue weighted by molar-refractivity contribution is -0.123. The molecule has 152 valence electrons. The second-order valence-corrected chi connectivity index (χ2v) is 8.23. The Morgan fingerprint density at radius 2 is 1.79 bits per heavy atom. The summed E-state index contributed by atoms with van der Waals surface area (Å²) in [5, 5.41) is 14.9. The molecule has 0 spiro atoms. The van der Waals surface area contributed by atoms with Crippen molar-refractivity contribution in [1.29, 1.82) is 5.26 Å². The van der Waals surface area contributed by atoms with Crippen LogP contribution in [-0.4, -0.2) is 30.2 Å². The minimum Gasteiger partial charge on any atom is -0.353 e. The molecule has 0 saturated carbocycles. The van der Waals surface area contributed by atoms with Crippen molar-refractivity contribution in [3.8, 4) is 6.07 Å². The predicted octanol–water partition coefficient (Wildman–Crippen LogP) is 3.67. The first-order valence-electron chi connectivity index (χ1n) is 9.64. The van der Waals surface area contributed by atoms with Crippen molar-refractivity contribution in [1.82, 2.24) is 10.6 Å². The van der Waals surface area contributed by atoms with Crippen LogP contribution in [0.25, 0.3) is 0 Å². The number of nitrogens with one attached hydrogen (secondary N) is 2. The van der Waals surface area contributed by atoms with Crippen molar-refractivity contribution < 1.29 is 9.59 Å². The van der Waals surface area contributed by atoms with Gasteiger partial charge in [-0.15, -0.1) is 0 Å². The van der Waals surface area contributed by atoms with Gasteiger partial charge in [0, 0.05) is 23.6 Å². The van der Waals surface area contributed by atoms with Crippen LogP contribution >= 0.6 is 11.8 Å². The molecule has 2 N–H and O–H groups in total. The lowest BCUT2D eigenvalue weighted by Gasteiger charge is -2.22. The van der Waals surface area contributed by atoms with Gasteiger partial charge in [-0.25, -0.2) is 0 Å². The molecule has 0 saturated heterocycles. The van der Waals surface area contributed by atoms with Crippen LogP contribution in [0, 0.1) is 24.2 Å². The molecular formula is C23H27N3O2S. The number of hydrogen-bond donors (Lipinski definition) is 2. The van der Waals surface area contributed by atoms with Crippen LogP contribution in [-0.2, 0) is 10.5 Å². The fraction of sp³-hybridized carbons (Fsp3) is 0.348. The third-order valence-electron chi connectivity index (χ3n) is 4.57. The van der Waals surface area contributed by atoms with E-state index in [0.29, 0.717) is 17.7 Å². The number of amides is 2. The van der Waals surface area contributed by atoms with Gasteiger partial charge in [-0.1, -0.05) is 50.2 Å². The van der Waals surface area contributed by atoms with Crippen LogP contribution < -0.4 is 10.6 Å². The lowest BCUT2D eigenvalue weighted by Crippen LogP contribution is -2.50. The maximum absolute atomic E-state index is 12.6. The van der Waals surface area contributed by atoms with Crippen molar-refractivity contribution in [3.63, 3.8) is 0 Å². The van der Waals surface area contributed by atoms with E-state index in [1.54, 1.807) is 17.8 Å². The van der Waals surface area contributed by atoms with E-state index in [1.807, 2.05) is 63.2 Å². The molecule has 0 aliphatic rings. The van der Waals surface area contributed by atoms with Crippen LogP contribution in [0.1, 0.15) is 40.9 Å². The molecule has 0 radical (unpaired) electrons. The highest BCUT2D eigenvalue weighted by Gasteiger charge is 2.24. The number of rotatable bonds is 9. The molecule has 2 rings (SSSR count). The van der Waals surface area contributed by atoms with Gasteiger partial charge in [0.05, 0.1) is 11.6 Å². The summed E-state index contributed by atoms with van der Waals surface area (Å²) in [6.45, 7) is 6.20. The third kappa shape index (κ3) is 6.65. The van der Waals surface area contributed by atoms with E-state index < -0.39 is 6.04 Å². The fourth-order valence-electron chi connectivity index (χ4n) is 2.88. The van der Waals surface area contributed by atoms with Gasteiger partial charge in [0.25, 0.3) is 5.91 Å². The monoisotopic (exact) mass is 409 g/mol. The Balaban J connectivity index is 1.83. The highest BCUT2D eigenvalue weighted by atomic mass is 32.2. The molecule has 0 aromatic heterocycles. The zero-order valence-electron chi connectivity index (χ0n) is 17.1. The van der Waals surface area contributed by atoms with E-state index in [0.717, 1.165) is 22.6 Å². The van der Waals surface area contributed by atoms with Crippen LogP contribution in [0.15, 0.2) is 48.5 Å². The van der Waals surface area contributed by atoms with E-state index in [4.69, 9.17) is 5.26 Å². The summed E-state index contributed by atoms with van der Waals surface area (Å²) in [5.74, 6) is 0.997. The van der Waals surface area contributed by atoms with Gasteiger partial charge in [-0.3, -0.25) is 9.59 Å². The van der Waals surface area contributed by atoms with E-state index in [-0.39, 0.29) is 17.7 Å². The number of aryl methyl sites for hydroxylation is 1. The Kier molecular flexibility index (Phi) is 8.75. The first-order valence-corrected chi connectivity index (χ1v) is 10.8. The Hall–Kier alpha value is -2.78. The molecule has 29 heavy (non-hydrogen) atoms. The Morgan fingerprint density at radius 3 is 2.48 bits per heavy atom. The van der Waals surface area contributed by atoms with Crippen LogP contribution in [0.3, 0.4) is 0 Å². The minimum atomic E-state index is -0.591. The molecule has 0 aliphatic heterocycles. The number of benzene rings is 2. The van der Waals surface area contributed by atoms with E-state index in [9.17, 15) is 9.59 Å². The van der Waals surface area contributed by atoms with E-state index in [2.05, 4.69) is 16.7 Å². The SMILES string of the molecule is Cc1ccccc1C(=O)N[C@H](C(=O)NCCSCc1ccccc1C#N)C(C)C. The smallest absolute Gasteiger partial charge is 0.252 e. The van der Waals surface area contributed by atoms with Crippen molar-refractivity contribution >= 4 is 23.6 Å². The number of carbonyl (C=O) groups excluding carboxylic acids is 2. The third-order valence-corrected chi connectivity index (χ3v) is 5.57. The summed E-state index contributed by atoms with van der Waals surface area (Å²) in [6, 6.07) is 16.5. The van der Waals surface area contributed by atoms with Crippen molar-refractivity contribution in [2.24, 2.45) is 5.92 Å². The van der Waals surface area contributed by atoms with Crippen molar-refractivity contribution in [2.75, 3.05) is 12.3 Å². The Morgan fingerprint density at radius 1 is 1.10 bits per heavy atom. The molecular weight excluding hydrogens is 382 g/mol. The number of thioether (sulfide) groups is 1. The number of nitrogens with zero attached hydrogens (tertiary/aromatic N) is 1. The van der Waals surface area contributed by atoms with Gasteiger partial charge in [-0.2, -0.15) is 17.0 Å². The molecule has 0 heterocycles. The molecule has 2 aromatic carbocycles. The maximum atomic E-state index is 12.6. The number of carbonyl (C=O) groups is 2. The highest BCUT2D eigenvalue weighted by molar-refractivity contribution is 7.98. The summed E-state index contributed by atoms with van der Waals surface area (Å²) < 4.78 is 0. The second-order valence-electron chi connectivity index (χ2n) is 7.12. The molecule has 0 fully saturated rings. The molecule has 0 aliphatic carbocycles.